The molecule has 3 N–H and O–H groups in total. The summed E-state index contributed by atoms with van der Waals surface area (Å²) in [6.45, 7) is 2.32. The first-order valence-electron chi connectivity index (χ1n) is 9.05. The van der Waals surface area contributed by atoms with Crippen LogP contribution >= 0.6 is 11.3 Å². The van der Waals surface area contributed by atoms with Gasteiger partial charge in [0.1, 0.15) is 0 Å². The minimum absolute atomic E-state index is 0.163. The maximum atomic E-state index is 12.8. The van der Waals surface area contributed by atoms with Gasteiger partial charge in [0.2, 0.25) is 11.9 Å². The minimum Gasteiger partial charge on any atom is -0.351 e. The lowest BCUT2D eigenvalue weighted by atomic mass is 10.1. The lowest BCUT2D eigenvalue weighted by Gasteiger charge is -2.05. The molecule has 1 aromatic carbocycles. The molecule has 3 heterocycles. The van der Waals surface area contributed by atoms with Crippen molar-refractivity contribution in [2.75, 3.05) is 10.6 Å². The molecule has 29 heavy (non-hydrogen) atoms. The number of anilines is 2. The maximum absolute atomic E-state index is 12.8. The molecule has 10 heteroatoms. The average Bonchev–Trinajstić information content (AvgIpc) is 3.36. The molecule has 9 nitrogen and oxygen atoms in total. The normalized spacial score (nSPS) is 10.9. The molecule has 0 aliphatic carbocycles. The molecule has 4 aromatic rings. The van der Waals surface area contributed by atoms with Crippen LogP contribution in [0.5, 0.6) is 0 Å². The van der Waals surface area contributed by atoms with Gasteiger partial charge in [0.25, 0.3) is 11.3 Å². The molecule has 0 bridgehead atoms. The Morgan fingerprint density at radius 2 is 2.07 bits per heavy atom. The highest BCUT2D eigenvalue weighted by Crippen LogP contribution is 2.12. The molecule has 0 radical (unpaired) electrons. The van der Waals surface area contributed by atoms with Gasteiger partial charge in [-0.05, 0) is 18.9 Å². The largest absolute Gasteiger partial charge is 0.351 e. The van der Waals surface area contributed by atoms with Gasteiger partial charge in [0.15, 0.2) is 5.13 Å². The Kier molecular flexibility index (Phi) is 5.34. The van der Waals surface area contributed by atoms with Crippen molar-refractivity contribution in [3.8, 4) is 0 Å². The first-order chi connectivity index (χ1) is 14.1. The quantitative estimate of drug-likeness (QED) is 0.431. The number of carbonyl (C=O) groups is 1. The highest BCUT2D eigenvalue weighted by atomic mass is 32.1. The van der Waals surface area contributed by atoms with Crippen LogP contribution in [0.25, 0.3) is 5.78 Å². The standard InChI is InChI=1S/C19H19N7O2S/c1-12-14(7-8-15(27)23-19-20-9-10-29-19)16(28)26-18(22-12)24-17(25-26)21-11-13-5-3-2-4-6-13/h2-6,9-10H,7-8,11H2,1H3,(H,20,23,27)(H2,21,22,24,25). The molecule has 4 rings (SSSR count). The van der Waals surface area contributed by atoms with E-state index in [2.05, 4.69) is 30.7 Å². The van der Waals surface area contributed by atoms with E-state index in [-0.39, 0.29) is 24.3 Å². The van der Waals surface area contributed by atoms with Gasteiger partial charge in [-0.25, -0.2) is 9.97 Å². The number of nitrogens with zero attached hydrogens (tertiary/aromatic N) is 4. The van der Waals surface area contributed by atoms with E-state index in [4.69, 9.17) is 0 Å². The summed E-state index contributed by atoms with van der Waals surface area (Å²) < 4.78 is 1.30. The summed E-state index contributed by atoms with van der Waals surface area (Å²) in [5, 5.41) is 11.1. The van der Waals surface area contributed by atoms with E-state index in [0.717, 1.165) is 5.56 Å². The van der Waals surface area contributed by atoms with Gasteiger partial charge in [-0.15, -0.1) is 11.3 Å². The second-order valence-electron chi connectivity index (χ2n) is 6.41. The van der Waals surface area contributed by atoms with E-state index in [1.807, 2.05) is 30.3 Å². The second kappa shape index (κ2) is 8.23. The topological polar surface area (TPSA) is 117 Å². The number of carbonyl (C=O) groups excluding carboxylic acids is 1. The van der Waals surface area contributed by atoms with Crippen LogP contribution in [-0.2, 0) is 17.8 Å². The van der Waals surface area contributed by atoms with Crippen molar-refractivity contribution in [2.45, 2.75) is 26.3 Å². The number of benzene rings is 1. The van der Waals surface area contributed by atoms with Crippen molar-refractivity contribution < 1.29 is 4.79 Å². The van der Waals surface area contributed by atoms with Gasteiger partial charge < -0.3 is 10.6 Å². The lowest BCUT2D eigenvalue weighted by molar-refractivity contribution is -0.116. The monoisotopic (exact) mass is 409 g/mol. The fourth-order valence-electron chi connectivity index (χ4n) is 2.91. The Hall–Kier alpha value is -3.53. The molecule has 0 atom stereocenters. The van der Waals surface area contributed by atoms with Crippen LogP contribution < -0.4 is 16.2 Å². The zero-order valence-corrected chi connectivity index (χ0v) is 16.5. The van der Waals surface area contributed by atoms with Gasteiger partial charge in [-0.3, -0.25) is 14.7 Å². The summed E-state index contributed by atoms with van der Waals surface area (Å²) in [4.78, 5) is 37.7. The number of nitrogens with one attached hydrogen (secondary N) is 3. The van der Waals surface area contributed by atoms with Crippen LogP contribution in [0.3, 0.4) is 0 Å². The van der Waals surface area contributed by atoms with E-state index >= 15 is 0 Å². The van der Waals surface area contributed by atoms with Crippen LogP contribution in [0.4, 0.5) is 11.1 Å². The summed E-state index contributed by atoms with van der Waals surface area (Å²) in [6, 6.07) is 9.87. The van der Waals surface area contributed by atoms with Crippen LogP contribution in [-0.4, -0.2) is 30.5 Å². The second-order valence-corrected chi connectivity index (χ2v) is 7.31. The third kappa shape index (κ3) is 4.32. The zero-order chi connectivity index (χ0) is 20.2. The van der Waals surface area contributed by atoms with Crippen molar-refractivity contribution >= 4 is 34.1 Å². The third-order valence-corrected chi connectivity index (χ3v) is 5.07. The van der Waals surface area contributed by atoms with Crippen LogP contribution in [0.1, 0.15) is 23.2 Å². The number of fused-ring (bicyclic) bond motifs is 1. The Bertz CT molecular complexity index is 1180. The van der Waals surface area contributed by atoms with E-state index in [9.17, 15) is 9.59 Å². The van der Waals surface area contributed by atoms with Crippen LogP contribution in [0.2, 0.25) is 0 Å². The van der Waals surface area contributed by atoms with Gasteiger partial charge in [0.05, 0.1) is 5.69 Å². The van der Waals surface area contributed by atoms with Gasteiger partial charge >= 0.3 is 0 Å². The summed E-state index contributed by atoms with van der Waals surface area (Å²) in [5.74, 6) is 0.550. The van der Waals surface area contributed by atoms with Crippen molar-refractivity contribution in [3.05, 3.63) is 69.1 Å². The molecule has 0 saturated heterocycles. The molecule has 1 amide bonds. The van der Waals surface area contributed by atoms with E-state index < -0.39 is 0 Å². The fraction of sp³-hybridized carbons (Fsp3) is 0.211. The number of aryl methyl sites for hydroxylation is 1. The average molecular weight is 409 g/mol. The molecule has 3 aromatic heterocycles. The first kappa shape index (κ1) is 18.8. The number of aromatic nitrogens is 5. The molecule has 0 fully saturated rings. The number of aromatic amines is 1. The molecular formula is C19H19N7O2S. The predicted octanol–water partition coefficient (Wildman–Crippen LogP) is 2.37. The molecule has 0 saturated carbocycles. The summed E-state index contributed by atoms with van der Waals surface area (Å²) >= 11 is 1.35. The SMILES string of the molecule is Cc1nc2nc(NCc3ccccc3)[nH]n2c(=O)c1CCC(=O)Nc1nccs1. The first-order valence-corrected chi connectivity index (χ1v) is 9.93. The molecule has 0 spiro atoms. The minimum atomic E-state index is -0.255. The number of thiazole rings is 1. The Morgan fingerprint density at radius 3 is 2.83 bits per heavy atom. The summed E-state index contributed by atoms with van der Waals surface area (Å²) in [7, 11) is 0. The fourth-order valence-corrected chi connectivity index (χ4v) is 3.45. The van der Waals surface area contributed by atoms with E-state index in [1.165, 1.54) is 15.9 Å². The molecule has 0 aliphatic heterocycles. The summed E-state index contributed by atoms with van der Waals surface area (Å²) in [6.07, 6.45) is 2.07. The van der Waals surface area contributed by atoms with E-state index in [0.29, 0.717) is 34.7 Å². The zero-order valence-electron chi connectivity index (χ0n) is 15.7. The van der Waals surface area contributed by atoms with Crippen molar-refractivity contribution in [1.82, 2.24) is 24.6 Å². The lowest BCUT2D eigenvalue weighted by Crippen LogP contribution is -2.23. The van der Waals surface area contributed by atoms with Crippen LogP contribution in [0.15, 0.2) is 46.7 Å². The Balaban J connectivity index is 1.48. The number of rotatable bonds is 7. The van der Waals surface area contributed by atoms with Gasteiger partial charge in [-0.1, -0.05) is 30.3 Å². The Labute approximate surface area is 169 Å². The Morgan fingerprint density at radius 1 is 1.24 bits per heavy atom. The molecule has 0 unspecified atom stereocenters. The highest BCUT2D eigenvalue weighted by Gasteiger charge is 2.15. The smallest absolute Gasteiger partial charge is 0.277 e. The predicted molar refractivity (Wildman–Crippen MR) is 111 cm³/mol. The van der Waals surface area contributed by atoms with E-state index in [1.54, 1.807) is 18.5 Å². The summed E-state index contributed by atoms with van der Waals surface area (Å²) in [5.41, 5.74) is 1.89. The van der Waals surface area contributed by atoms with Crippen molar-refractivity contribution in [2.24, 2.45) is 0 Å². The molecular weight excluding hydrogens is 390 g/mol. The highest BCUT2D eigenvalue weighted by molar-refractivity contribution is 7.13. The molecule has 148 valence electrons. The number of hydrogen-bond donors (Lipinski definition) is 3. The van der Waals surface area contributed by atoms with Crippen LogP contribution in [0, 0.1) is 6.92 Å². The number of H-pyrrole nitrogens is 1. The molecule has 0 aliphatic rings. The number of amides is 1. The third-order valence-electron chi connectivity index (χ3n) is 4.38. The van der Waals surface area contributed by atoms with Crippen molar-refractivity contribution in [3.63, 3.8) is 0 Å². The van der Waals surface area contributed by atoms with Gasteiger partial charge in [0, 0.05) is 30.1 Å². The van der Waals surface area contributed by atoms with Gasteiger partial charge in [-0.2, -0.15) is 9.50 Å². The maximum Gasteiger partial charge on any atom is 0.277 e. The van der Waals surface area contributed by atoms with Crippen molar-refractivity contribution in [1.29, 1.82) is 0 Å². The number of hydrogen-bond acceptors (Lipinski definition) is 7.